The lowest BCUT2D eigenvalue weighted by Crippen LogP contribution is -2.45. The summed E-state index contributed by atoms with van der Waals surface area (Å²) >= 11 is 0. The van der Waals surface area contributed by atoms with Crippen molar-refractivity contribution < 1.29 is 9.53 Å². The van der Waals surface area contributed by atoms with Crippen LogP contribution in [-0.4, -0.2) is 27.8 Å². The number of ketones is 1. The molecule has 100 valence electrons. The summed E-state index contributed by atoms with van der Waals surface area (Å²) in [5, 5.41) is 4.22. The van der Waals surface area contributed by atoms with Crippen LogP contribution in [0.15, 0.2) is 12.3 Å². The van der Waals surface area contributed by atoms with E-state index in [0.717, 1.165) is 25.7 Å². The Morgan fingerprint density at radius 1 is 1.56 bits per heavy atom. The fourth-order valence-corrected chi connectivity index (χ4v) is 2.71. The Morgan fingerprint density at radius 2 is 2.22 bits per heavy atom. The van der Waals surface area contributed by atoms with Gasteiger partial charge in [0.1, 0.15) is 11.3 Å². The lowest BCUT2D eigenvalue weighted by molar-refractivity contribution is -0.0477. The summed E-state index contributed by atoms with van der Waals surface area (Å²) in [6, 6.07) is 1.78. The van der Waals surface area contributed by atoms with Crippen LogP contribution in [0, 0.1) is 5.92 Å². The van der Waals surface area contributed by atoms with Crippen LogP contribution >= 0.6 is 0 Å². The van der Waals surface area contributed by atoms with Crippen LogP contribution in [-0.2, 0) is 11.8 Å². The monoisotopic (exact) mass is 250 g/mol. The number of Topliss-reactive ketones (excluding diaryl/α,β-unsaturated/α-hetero) is 1. The van der Waals surface area contributed by atoms with Crippen molar-refractivity contribution >= 4 is 5.78 Å². The fourth-order valence-electron chi connectivity index (χ4n) is 2.71. The van der Waals surface area contributed by atoms with Gasteiger partial charge in [-0.1, -0.05) is 6.92 Å². The summed E-state index contributed by atoms with van der Waals surface area (Å²) in [7, 11) is 1.83. The Morgan fingerprint density at radius 3 is 2.72 bits per heavy atom. The van der Waals surface area contributed by atoms with E-state index in [2.05, 4.69) is 12.0 Å². The van der Waals surface area contributed by atoms with Crippen LogP contribution in [0.5, 0.6) is 0 Å². The first-order valence-corrected chi connectivity index (χ1v) is 6.76. The van der Waals surface area contributed by atoms with Crippen LogP contribution in [0.4, 0.5) is 0 Å². The smallest absolute Gasteiger partial charge is 0.214 e. The Hall–Kier alpha value is -1.16. The van der Waals surface area contributed by atoms with E-state index in [-0.39, 0.29) is 5.78 Å². The second kappa shape index (κ2) is 5.22. The molecule has 1 aromatic rings. The molecule has 0 aliphatic heterocycles. The molecule has 0 bridgehead atoms. The molecule has 4 nitrogen and oxygen atoms in total. The molecule has 4 heteroatoms. The van der Waals surface area contributed by atoms with Crippen molar-refractivity contribution in [2.75, 3.05) is 6.61 Å². The number of ether oxygens (including phenoxy) is 1. The number of nitrogens with zero attached hydrogens (tertiary/aromatic N) is 2. The zero-order valence-electron chi connectivity index (χ0n) is 11.5. The predicted octanol–water partition coefficient (Wildman–Crippen LogP) is 2.59. The molecule has 1 fully saturated rings. The Bertz CT molecular complexity index is 417. The first-order chi connectivity index (χ1) is 8.57. The highest BCUT2D eigenvalue weighted by Gasteiger charge is 2.43. The molecular weight excluding hydrogens is 228 g/mol. The minimum absolute atomic E-state index is 0.0526. The number of carbonyl (C=O) groups is 1. The highest BCUT2D eigenvalue weighted by atomic mass is 16.5. The number of aromatic nitrogens is 2. The van der Waals surface area contributed by atoms with Crippen LogP contribution in [0.25, 0.3) is 0 Å². The average molecular weight is 250 g/mol. The predicted molar refractivity (Wildman–Crippen MR) is 69.5 cm³/mol. The van der Waals surface area contributed by atoms with Gasteiger partial charge in [-0.05, 0) is 44.6 Å². The van der Waals surface area contributed by atoms with Crippen molar-refractivity contribution in [3.05, 3.63) is 18.0 Å². The van der Waals surface area contributed by atoms with Gasteiger partial charge < -0.3 is 4.74 Å². The van der Waals surface area contributed by atoms with E-state index in [1.807, 2.05) is 14.0 Å². The first-order valence-electron chi connectivity index (χ1n) is 6.76. The SMILES string of the molecule is CCOC1(C(=O)c2ccn(C)n2)CCC(C)CC1. The lowest BCUT2D eigenvalue weighted by atomic mass is 9.76. The van der Waals surface area contributed by atoms with E-state index >= 15 is 0 Å². The third-order valence-corrected chi connectivity index (χ3v) is 3.86. The topological polar surface area (TPSA) is 44.1 Å². The van der Waals surface area contributed by atoms with Gasteiger partial charge in [0.25, 0.3) is 0 Å². The summed E-state index contributed by atoms with van der Waals surface area (Å²) < 4.78 is 7.51. The van der Waals surface area contributed by atoms with E-state index in [0.29, 0.717) is 18.2 Å². The minimum atomic E-state index is -0.629. The summed E-state index contributed by atoms with van der Waals surface area (Å²) in [5.41, 5.74) is -0.101. The summed E-state index contributed by atoms with van der Waals surface area (Å²) in [4.78, 5) is 12.6. The van der Waals surface area contributed by atoms with Gasteiger partial charge in [0.05, 0.1) is 0 Å². The normalized spacial score (nSPS) is 28.3. The first kappa shape index (κ1) is 13.3. The van der Waals surface area contributed by atoms with Gasteiger partial charge in [0, 0.05) is 19.9 Å². The third-order valence-electron chi connectivity index (χ3n) is 3.86. The van der Waals surface area contributed by atoms with Crippen molar-refractivity contribution in [1.82, 2.24) is 9.78 Å². The van der Waals surface area contributed by atoms with Gasteiger partial charge in [-0.15, -0.1) is 0 Å². The summed E-state index contributed by atoms with van der Waals surface area (Å²) in [5.74, 6) is 0.743. The quantitative estimate of drug-likeness (QED) is 0.771. The van der Waals surface area contributed by atoms with Crippen LogP contribution in [0.3, 0.4) is 0 Å². The van der Waals surface area contributed by atoms with Crippen molar-refractivity contribution in [1.29, 1.82) is 0 Å². The van der Waals surface area contributed by atoms with Gasteiger partial charge in [-0.3, -0.25) is 9.48 Å². The Labute approximate surface area is 108 Å². The molecule has 2 rings (SSSR count). The molecule has 0 spiro atoms. The number of rotatable bonds is 4. The van der Waals surface area contributed by atoms with Crippen LogP contribution < -0.4 is 0 Å². The van der Waals surface area contributed by atoms with Crippen molar-refractivity contribution in [3.8, 4) is 0 Å². The molecule has 1 heterocycles. The van der Waals surface area contributed by atoms with Gasteiger partial charge in [0.2, 0.25) is 5.78 Å². The van der Waals surface area contributed by atoms with Gasteiger partial charge in [0.15, 0.2) is 0 Å². The van der Waals surface area contributed by atoms with E-state index in [4.69, 9.17) is 4.74 Å². The zero-order valence-corrected chi connectivity index (χ0v) is 11.5. The molecule has 0 unspecified atom stereocenters. The van der Waals surface area contributed by atoms with Gasteiger partial charge in [-0.2, -0.15) is 5.10 Å². The molecule has 0 saturated heterocycles. The van der Waals surface area contributed by atoms with E-state index in [1.165, 1.54) is 0 Å². The van der Waals surface area contributed by atoms with Gasteiger partial charge in [-0.25, -0.2) is 0 Å². The largest absolute Gasteiger partial charge is 0.367 e. The van der Waals surface area contributed by atoms with E-state index < -0.39 is 5.60 Å². The maximum absolute atomic E-state index is 12.6. The number of hydrogen-bond acceptors (Lipinski definition) is 3. The fraction of sp³-hybridized carbons (Fsp3) is 0.714. The van der Waals surface area contributed by atoms with Crippen molar-refractivity contribution in [2.24, 2.45) is 13.0 Å². The maximum atomic E-state index is 12.6. The molecule has 1 aliphatic rings. The molecule has 1 saturated carbocycles. The Balaban J connectivity index is 2.22. The lowest BCUT2D eigenvalue weighted by Gasteiger charge is -2.37. The molecule has 0 atom stereocenters. The van der Waals surface area contributed by atoms with Crippen molar-refractivity contribution in [2.45, 2.75) is 45.1 Å². The number of carbonyl (C=O) groups excluding carboxylic acids is 1. The molecule has 0 N–H and O–H groups in total. The molecular formula is C14H22N2O2. The van der Waals surface area contributed by atoms with Gasteiger partial charge >= 0.3 is 0 Å². The molecule has 1 aromatic heterocycles. The summed E-state index contributed by atoms with van der Waals surface area (Å²) in [6.45, 7) is 4.76. The standard InChI is InChI=1S/C14H22N2O2/c1-4-18-14(8-5-11(2)6-9-14)13(17)12-7-10-16(3)15-12/h7,10-11H,4-6,8-9H2,1-3H3. The Kier molecular flexibility index (Phi) is 3.85. The minimum Gasteiger partial charge on any atom is -0.367 e. The third kappa shape index (κ3) is 2.48. The van der Waals surface area contributed by atoms with E-state index in [9.17, 15) is 4.79 Å². The maximum Gasteiger partial charge on any atom is 0.214 e. The zero-order chi connectivity index (χ0) is 13.2. The average Bonchev–Trinajstić information content (AvgIpc) is 2.78. The number of aryl methyl sites for hydroxylation is 1. The highest BCUT2D eigenvalue weighted by molar-refractivity contribution is 6.01. The second-order valence-electron chi connectivity index (χ2n) is 5.31. The molecule has 18 heavy (non-hydrogen) atoms. The molecule has 0 aromatic carbocycles. The molecule has 0 radical (unpaired) electrons. The summed E-state index contributed by atoms with van der Waals surface area (Å²) in [6.07, 6.45) is 5.55. The molecule has 0 amide bonds. The van der Waals surface area contributed by atoms with E-state index in [1.54, 1.807) is 16.9 Å². The second-order valence-corrected chi connectivity index (χ2v) is 5.31. The van der Waals surface area contributed by atoms with Crippen molar-refractivity contribution in [3.63, 3.8) is 0 Å². The number of hydrogen-bond donors (Lipinski definition) is 0. The van der Waals surface area contributed by atoms with Crippen LogP contribution in [0.1, 0.15) is 50.0 Å². The van der Waals surface area contributed by atoms with Crippen LogP contribution in [0.2, 0.25) is 0 Å². The highest BCUT2D eigenvalue weighted by Crippen LogP contribution is 2.36. The molecule has 1 aliphatic carbocycles.